The predicted molar refractivity (Wildman–Crippen MR) is 75.7 cm³/mol. The van der Waals surface area contributed by atoms with Crippen molar-refractivity contribution in [1.82, 2.24) is 4.98 Å². The Hall–Kier alpha value is -1.31. The fraction of sp³-hybridized carbons (Fsp3) is 0.500. The third-order valence-corrected chi connectivity index (χ3v) is 3.35. The van der Waals surface area contributed by atoms with Crippen molar-refractivity contribution in [3.05, 3.63) is 35.3 Å². The van der Waals surface area contributed by atoms with Crippen LogP contribution >= 0.6 is 0 Å². The summed E-state index contributed by atoms with van der Waals surface area (Å²) < 4.78 is 14.1. The van der Waals surface area contributed by atoms with E-state index in [1.807, 2.05) is 0 Å². The second kappa shape index (κ2) is 3.84. The number of H-pyrrole nitrogens is 1. The van der Waals surface area contributed by atoms with Gasteiger partial charge in [-0.25, -0.2) is 4.39 Å². The smallest absolute Gasteiger partial charge is 0.147 e. The van der Waals surface area contributed by atoms with Crippen LogP contribution in [0, 0.1) is 5.82 Å². The Kier molecular flexibility index (Phi) is 2.80. The zero-order valence-corrected chi connectivity index (χ0v) is 12.1. The first kappa shape index (κ1) is 13.1. The molecule has 1 aromatic carbocycles. The first-order valence-electron chi connectivity index (χ1n) is 6.42. The molecule has 0 unspecified atom stereocenters. The lowest BCUT2D eigenvalue weighted by atomic mass is 9.86. The Labute approximate surface area is 108 Å². The molecule has 0 fully saturated rings. The molecule has 0 aliphatic heterocycles. The van der Waals surface area contributed by atoms with Crippen molar-refractivity contribution in [3.63, 3.8) is 0 Å². The highest BCUT2D eigenvalue weighted by Gasteiger charge is 2.20. The molecule has 1 N–H and O–H groups in total. The standard InChI is InChI=1S/C16H22FN/c1-15(2,3)11-7-10-8-13(16(4,5)6)18-14(10)12(17)9-11/h7-9,18H,1-6H3. The molecule has 0 saturated heterocycles. The van der Waals surface area contributed by atoms with E-state index in [4.69, 9.17) is 0 Å². The lowest BCUT2D eigenvalue weighted by molar-refractivity contribution is 0.569. The van der Waals surface area contributed by atoms with Crippen LogP contribution in [0.15, 0.2) is 18.2 Å². The molecule has 0 aliphatic carbocycles. The van der Waals surface area contributed by atoms with Gasteiger partial charge in [0.15, 0.2) is 0 Å². The molecule has 2 heteroatoms. The Bertz CT molecular complexity index is 579. The van der Waals surface area contributed by atoms with Gasteiger partial charge in [-0.1, -0.05) is 41.5 Å². The van der Waals surface area contributed by atoms with Crippen LogP contribution in [0.1, 0.15) is 52.8 Å². The number of hydrogen-bond acceptors (Lipinski definition) is 0. The Morgan fingerprint density at radius 2 is 1.50 bits per heavy atom. The average Bonchev–Trinajstić information content (AvgIpc) is 2.59. The van der Waals surface area contributed by atoms with Gasteiger partial charge in [0.2, 0.25) is 0 Å². The van der Waals surface area contributed by atoms with Crippen LogP contribution in [-0.2, 0) is 10.8 Å². The van der Waals surface area contributed by atoms with Gasteiger partial charge in [0.1, 0.15) is 5.82 Å². The number of aromatic amines is 1. The van der Waals surface area contributed by atoms with Crippen LogP contribution in [0.3, 0.4) is 0 Å². The van der Waals surface area contributed by atoms with Crippen LogP contribution in [0.4, 0.5) is 4.39 Å². The first-order valence-corrected chi connectivity index (χ1v) is 6.42. The maximum atomic E-state index is 14.1. The van der Waals surface area contributed by atoms with Crippen LogP contribution in [0.25, 0.3) is 10.9 Å². The average molecular weight is 247 g/mol. The zero-order valence-electron chi connectivity index (χ0n) is 12.1. The van der Waals surface area contributed by atoms with Gasteiger partial charge in [-0.05, 0) is 29.2 Å². The summed E-state index contributed by atoms with van der Waals surface area (Å²) >= 11 is 0. The van der Waals surface area contributed by atoms with E-state index in [0.717, 1.165) is 16.6 Å². The van der Waals surface area contributed by atoms with Crippen molar-refractivity contribution in [1.29, 1.82) is 0 Å². The minimum atomic E-state index is -0.159. The van der Waals surface area contributed by atoms with Gasteiger partial charge in [0.05, 0.1) is 5.52 Å². The lowest BCUT2D eigenvalue weighted by Gasteiger charge is -2.19. The lowest BCUT2D eigenvalue weighted by Crippen LogP contribution is -2.11. The Morgan fingerprint density at radius 1 is 0.889 bits per heavy atom. The molecule has 2 aromatic rings. The minimum Gasteiger partial charge on any atom is -0.356 e. The maximum Gasteiger partial charge on any atom is 0.147 e. The second-order valence-electron chi connectivity index (χ2n) is 7.11. The molecule has 0 radical (unpaired) electrons. The highest BCUT2D eigenvalue weighted by molar-refractivity contribution is 5.82. The number of nitrogens with one attached hydrogen (secondary N) is 1. The highest BCUT2D eigenvalue weighted by atomic mass is 19.1. The van der Waals surface area contributed by atoms with Gasteiger partial charge >= 0.3 is 0 Å². The maximum absolute atomic E-state index is 14.1. The number of benzene rings is 1. The van der Waals surface area contributed by atoms with Gasteiger partial charge in [0.25, 0.3) is 0 Å². The van der Waals surface area contributed by atoms with E-state index in [9.17, 15) is 4.39 Å². The summed E-state index contributed by atoms with van der Waals surface area (Å²) in [4.78, 5) is 3.21. The van der Waals surface area contributed by atoms with E-state index in [-0.39, 0.29) is 16.6 Å². The number of fused-ring (bicyclic) bond motifs is 1. The molecule has 0 bridgehead atoms. The minimum absolute atomic E-state index is 0.00730. The molecule has 0 saturated carbocycles. The van der Waals surface area contributed by atoms with E-state index < -0.39 is 0 Å². The third kappa shape index (κ3) is 2.29. The zero-order chi connectivity index (χ0) is 13.7. The van der Waals surface area contributed by atoms with Crippen LogP contribution in [0.2, 0.25) is 0 Å². The molecule has 18 heavy (non-hydrogen) atoms. The van der Waals surface area contributed by atoms with E-state index in [2.05, 4.69) is 58.7 Å². The molecule has 0 atom stereocenters. The van der Waals surface area contributed by atoms with Gasteiger partial charge in [0, 0.05) is 16.5 Å². The molecule has 1 nitrogen and oxygen atoms in total. The van der Waals surface area contributed by atoms with Crippen molar-refractivity contribution < 1.29 is 4.39 Å². The second-order valence-corrected chi connectivity index (χ2v) is 7.11. The van der Waals surface area contributed by atoms with Crippen molar-refractivity contribution in [2.24, 2.45) is 0 Å². The number of hydrogen-bond donors (Lipinski definition) is 1. The van der Waals surface area contributed by atoms with E-state index in [1.54, 1.807) is 6.07 Å². The van der Waals surface area contributed by atoms with Crippen molar-refractivity contribution in [2.75, 3.05) is 0 Å². The fourth-order valence-electron chi connectivity index (χ4n) is 2.04. The van der Waals surface area contributed by atoms with Crippen LogP contribution in [0.5, 0.6) is 0 Å². The quantitative estimate of drug-likeness (QED) is 0.681. The van der Waals surface area contributed by atoms with Crippen molar-refractivity contribution in [3.8, 4) is 0 Å². The monoisotopic (exact) mass is 247 g/mol. The molecule has 0 amide bonds. The molecule has 98 valence electrons. The Morgan fingerprint density at radius 3 is 2.00 bits per heavy atom. The van der Waals surface area contributed by atoms with Crippen LogP contribution in [-0.4, -0.2) is 4.98 Å². The number of aromatic nitrogens is 1. The Balaban J connectivity index is 2.67. The molecular formula is C16H22FN. The highest BCUT2D eigenvalue weighted by Crippen LogP contribution is 2.31. The van der Waals surface area contributed by atoms with Crippen molar-refractivity contribution >= 4 is 10.9 Å². The molecule has 2 rings (SSSR count). The van der Waals surface area contributed by atoms with Gasteiger partial charge in [-0.3, -0.25) is 0 Å². The SMILES string of the molecule is CC(C)(C)c1cc(F)c2[nH]c(C(C)(C)C)cc2c1. The van der Waals surface area contributed by atoms with Crippen LogP contribution < -0.4 is 0 Å². The normalized spacial score (nSPS) is 13.3. The first-order chi connectivity index (χ1) is 8.09. The van der Waals surface area contributed by atoms with E-state index in [0.29, 0.717) is 5.52 Å². The van der Waals surface area contributed by atoms with Gasteiger partial charge in [-0.2, -0.15) is 0 Å². The summed E-state index contributed by atoms with van der Waals surface area (Å²) in [7, 11) is 0. The molecule has 0 spiro atoms. The number of rotatable bonds is 0. The topological polar surface area (TPSA) is 15.8 Å². The summed E-state index contributed by atoms with van der Waals surface area (Å²) in [5, 5.41) is 0.963. The van der Waals surface area contributed by atoms with E-state index in [1.165, 1.54) is 0 Å². The molecule has 1 heterocycles. The van der Waals surface area contributed by atoms with Crippen molar-refractivity contribution in [2.45, 2.75) is 52.4 Å². The van der Waals surface area contributed by atoms with E-state index >= 15 is 0 Å². The molecule has 1 aromatic heterocycles. The van der Waals surface area contributed by atoms with Gasteiger partial charge in [-0.15, -0.1) is 0 Å². The summed E-state index contributed by atoms with van der Waals surface area (Å²) in [6.07, 6.45) is 0. The summed E-state index contributed by atoms with van der Waals surface area (Å²) in [6.45, 7) is 12.7. The largest absolute Gasteiger partial charge is 0.356 e. The van der Waals surface area contributed by atoms with Gasteiger partial charge < -0.3 is 4.98 Å². The summed E-state index contributed by atoms with van der Waals surface area (Å²) in [5.74, 6) is -0.159. The summed E-state index contributed by atoms with van der Waals surface area (Å²) in [6, 6.07) is 5.79. The predicted octanol–water partition coefficient (Wildman–Crippen LogP) is 4.90. The molecular weight excluding hydrogens is 225 g/mol. The summed E-state index contributed by atoms with van der Waals surface area (Å²) in [5.41, 5.74) is 2.70. The molecule has 0 aliphatic rings. The number of halogens is 1. The third-order valence-electron chi connectivity index (χ3n) is 3.35. The fourth-order valence-corrected chi connectivity index (χ4v) is 2.04.